The average molecular weight is 298 g/mol. The van der Waals surface area contributed by atoms with Crippen molar-refractivity contribution in [2.24, 2.45) is 23.0 Å². The van der Waals surface area contributed by atoms with Gasteiger partial charge in [0, 0.05) is 19.6 Å². The van der Waals surface area contributed by atoms with Crippen LogP contribution in [0.3, 0.4) is 0 Å². The minimum Gasteiger partial charge on any atom is -0.467 e. The van der Waals surface area contributed by atoms with Crippen molar-refractivity contribution >= 4 is 11.9 Å². The van der Waals surface area contributed by atoms with E-state index >= 15 is 0 Å². The second-order valence-electron chi connectivity index (χ2n) is 7.20. The third kappa shape index (κ3) is 2.34. The number of methoxy groups -OCH3 is 2. The Morgan fingerprint density at radius 2 is 1.90 bits per heavy atom. The molecule has 0 aromatic heterocycles. The summed E-state index contributed by atoms with van der Waals surface area (Å²) in [5.74, 6) is -0.112. The van der Waals surface area contributed by atoms with Gasteiger partial charge >= 0.3 is 5.97 Å². The number of nitrogens with zero attached hydrogens (tertiary/aromatic N) is 1. The number of fused-ring (bicyclic) bond motifs is 1. The highest BCUT2D eigenvalue weighted by molar-refractivity contribution is 5.90. The maximum atomic E-state index is 12.7. The molecular formula is C15H26N2O4. The number of hydrogen-bond acceptors (Lipinski definition) is 5. The Balaban J connectivity index is 2.20. The molecule has 1 amide bonds. The molecule has 1 heterocycles. The molecule has 6 nitrogen and oxygen atoms in total. The van der Waals surface area contributed by atoms with E-state index in [0.29, 0.717) is 12.5 Å². The first-order valence-electron chi connectivity index (χ1n) is 7.28. The minimum atomic E-state index is -0.810. The first kappa shape index (κ1) is 16.2. The maximum absolute atomic E-state index is 12.7. The summed E-state index contributed by atoms with van der Waals surface area (Å²) >= 11 is 0. The number of carbonyl (C=O) groups is 2. The summed E-state index contributed by atoms with van der Waals surface area (Å²) in [6.07, 6.45) is 0. The van der Waals surface area contributed by atoms with Crippen molar-refractivity contribution < 1.29 is 19.1 Å². The second kappa shape index (κ2) is 4.95. The van der Waals surface area contributed by atoms with E-state index in [0.717, 1.165) is 0 Å². The van der Waals surface area contributed by atoms with Crippen molar-refractivity contribution in [1.82, 2.24) is 4.90 Å². The highest BCUT2D eigenvalue weighted by Crippen LogP contribution is 2.65. The predicted octanol–water partition coefficient (Wildman–Crippen LogP) is 0.395. The molecule has 2 aliphatic rings. The molecule has 2 fully saturated rings. The molecule has 0 spiro atoms. The van der Waals surface area contributed by atoms with Gasteiger partial charge in [-0.05, 0) is 25.2 Å². The lowest BCUT2D eigenvalue weighted by molar-refractivity contribution is -0.155. The largest absolute Gasteiger partial charge is 0.467 e. The summed E-state index contributed by atoms with van der Waals surface area (Å²) < 4.78 is 10.2. The SMILES string of the molecule is COC(=O)[C@@H]1[C@@H]2[C@H](CN1C(=O)[C@@H](N)C(C)(C)OC)C2(C)C. The molecule has 1 saturated carbocycles. The number of esters is 1. The van der Waals surface area contributed by atoms with Crippen molar-refractivity contribution in [3.05, 3.63) is 0 Å². The third-order valence-electron chi connectivity index (χ3n) is 5.48. The summed E-state index contributed by atoms with van der Waals surface area (Å²) in [5.41, 5.74) is 5.35. The lowest BCUT2D eigenvalue weighted by Gasteiger charge is -2.35. The molecule has 6 heteroatoms. The third-order valence-corrected chi connectivity index (χ3v) is 5.48. The highest BCUT2D eigenvalue weighted by atomic mass is 16.5. The molecule has 0 radical (unpaired) electrons. The molecule has 21 heavy (non-hydrogen) atoms. The van der Waals surface area contributed by atoms with Crippen LogP contribution < -0.4 is 5.73 Å². The number of rotatable bonds is 4. The van der Waals surface area contributed by atoms with Crippen LogP contribution in [0, 0.1) is 17.3 Å². The summed E-state index contributed by atoms with van der Waals surface area (Å²) in [4.78, 5) is 26.4. The van der Waals surface area contributed by atoms with E-state index in [-0.39, 0.29) is 23.2 Å². The molecule has 1 aliphatic carbocycles. The van der Waals surface area contributed by atoms with Crippen LogP contribution in [0.5, 0.6) is 0 Å². The average Bonchev–Trinajstić information content (AvgIpc) is 2.81. The Morgan fingerprint density at radius 3 is 2.38 bits per heavy atom. The van der Waals surface area contributed by atoms with Crippen LogP contribution in [0.25, 0.3) is 0 Å². The fraction of sp³-hybridized carbons (Fsp3) is 0.867. The van der Waals surface area contributed by atoms with Crippen molar-refractivity contribution in [3.63, 3.8) is 0 Å². The molecule has 4 atom stereocenters. The van der Waals surface area contributed by atoms with Gasteiger partial charge in [0.15, 0.2) is 0 Å². The number of nitrogens with two attached hydrogens (primary N) is 1. The summed E-state index contributed by atoms with van der Waals surface area (Å²) in [6, 6.07) is -1.34. The standard InChI is InChI=1S/C15H26N2O4/c1-14(2)8-7-17(10(9(8)14)13(19)20-5)12(18)11(16)15(3,4)21-6/h8-11H,7,16H2,1-6H3/t8-,9-,10-,11+/m0/s1. The van der Waals surface area contributed by atoms with Gasteiger partial charge in [-0.3, -0.25) is 4.79 Å². The van der Waals surface area contributed by atoms with Crippen molar-refractivity contribution in [1.29, 1.82) is 0 Å². The number of carbonyl (C=O) groups excluding carboxylic acids is 2. The van der Waals surface area contributed by atoms with E-state index in [9.17, 15) is 9.59 Å². The molecule has 0 aromatic carbocycles. The molecule has 1 saturated heterocycles. The molecule has 2 N–H and O–H groups in total. The normalized spacial score (nSPS) is 31.6. The van der Waals surface area contributed by atoms with Gasteiger partial charge in [-0.1, -0.05) is 13.8 Å². The van der Waals surface area contributed by atoms with E-state index in [4.69, 9.17) is 15.2 Å². The lowest BCUT2D eigenvalue weighted by Crippen LogP contribution is -2.58. The van der Waals surface area contributed by atoms with E-state index < -0.39 is 17.7 Å². The number of piperidine rings is 1. The quantitative estimate of drug-likeness (QED) is 0.760. The van der Waals surface area contributed by atoms with E-state index in [1.54, 1.807) is 18.7 Å². The van der Waals surface area contributed by atoms with E-state index in [2.05, 4.69) is 13.8 Å². The van der Waals surface area contributed by atoms with Crippen LogP contribution in [-0.4, -0.2) is 55.2 Å². The van der Waals surface area contributed by atoms with Crippen molar-refractivity contribution in [2.45, 2.75) is 45.4 Å². The van der Waals surface area contributed by atoms with Gasteiger partial charge in [-0.2, -0.15) is 0 Å². The Labute approximate surface area is 125 Å². The topological polar surface area (TPSA) is 81.9 Å². The summed E-state index contributed by atoms with van der Waals surface area (Å²) in [6.45, 7) is 8.34. The van der Waals surface area contributed by atoms with Crippen LogP contribution in [0.2, 0.25) is 0 Å². The summed E-state index contributed by atoms with van der Waals surface area (Å²) in [7, 11) is 2.88. The van der Waals surface area contributed by atoms with Gasteiger partial charge in [0.05, 0.1) is 12.7 Å². The minimum absolute atomic E-state index is 0.0799. The molecule has 0 aromatic rings. The van der Waals surface area contributed by atoms with Crippen molar-refractivity contribution in [2.75, 3.05) is 20.8 Å². The van der Waals surface area contributed by atoms with Gasteiger partial charge in [0.2, 0.25) is 5.91 Å². The van der Waals surface area contributed by atoms with Crippen molar-refractivity contribution in [3.8, 4) is 0 Å². The molecule has 2 rings (SSSR count). The number of ether oxygens (including phenoxy) is 2. The maximum Gasteiger partial charge on any atom is 0.328 e. The van der Waals surface area contributed by atoms with Gasteiger partial charge in [0.1, 0.15) is 12.1 Å². The molecule has 1 aliphatic heterocycles. The first-order valence-corrected chi connectivity index (χ1v) is 7.28. The van der Waals surface area contributed by atoms with Crippen LogP contribution in [0.15, 0.2) is 0 Å². The van der Waals surface area contributed by atoms with Gasteiger partial charge in [-0.15, -0.1) is 0 Å². The lowest BCUT2D eigenvalue weighted by atomic mass is 9.95. The highest BCUT2D eigenvalue weighted by Gasteiger charge is 2.70. The summed E-state index contributed by atoms with van der Waals surface area (Å²) in [5, 5.41) is 0. The zero-order valence-corrected chi connectivity index (χ0v) is 13.7. The zero-order valence-electron chi connectivity index (χ0n) is 13.7. The Bertz CT molecular complexity index is 461. The fourth-order valence-corrected chi connectivity index (χ4v) is 3.51. The predicted molar refractivity (Wildman–Crippen MR) is 77.3 cm³/mol. The number of amides is 1. The van der Waals surface area contributed by atoms with Crippen LogP contribution in [-0.2, 0) is 19.1 Å². The second-order valence-corrected chi connectivity index (χ2v) is 7.20. The molecule has 0 bridgehead atoms. The smallest absolute Gasteiger partial charge is 0.328 e. The van der Waals surface area contributed by atoms with Gasteiger partial charge in [0.25, 0.3) is 0 Å². The Morgan fingerprint density at radius 1 is 1.33 bits per heavy atom. The zero-order chi connectivity index (χ0) is 16.2. The molecular weight excluding hydrogens is 272 g/mol. The van der Waals surface area contributed by atoms with Gasteiger partial charge < -0.3 is 20.1 Å². The van der Waals surface area contributed by atoms with E-state index in [1.807, 2.05) is 0 Å². The molecule has 0 unspecified atom stereocenters. The van der Waals surface area contributed by atoms with Gasteiger partial charge in [-0.25, -0.2) is 4.79 Å². The monoisotopic (exact) mass is 298 g/mol. The first-order chi connectivity index (χ1) is 9.59. The Hall–Kier alpha value is -1.14. The number of likely N-dealkylation sites (tertiary alicyclic amines) is 1. The van der Waals surface area contributed by atoms with Crippen LogP contribution in [0.1, 0.15) is 27.7 Å². The van der Waals surface area contributed by atoms with Crippen LogP contribution in [0.4, 0.5) is 0 Å². The fourth-order valence-electron chi connectivity index (χ4n) is 3.51. The Kier molecular flexibility index (Phi) is 3.83. The number of hydrogen-bond donors (Lipinski definition) is 1. The van der Waals surface area contributed by atoms with E-state index in [1.165, 1.54) is 14.2 Å². The molecule has 120 valence electrons. The van der Waals surface area contributed by atoms with Crippen LogP contribution >= 0.6 is 0 Å².